The van der Waals surface area contributed by atoms with Crippen LogP contribution in [0.4, 0.5) is 11.4 Å². The third-order valence-electron chi connectivity index (χ3n) is 12.4. The van der Waals surface area contributed by atoms with E-state index in [9.17, 15) is 10.2 Å². The average Bonchev–Trinajstić information content (AvgIpc) is 3.46. The van der Waals surface area contributed by atoms with Gasteiger partial charge in [0.15, 0.2) is 5.75 Å². The molecule has 0 aliphatic heterocycles. The zero-order valence-corrected chi connectivity index (χ0v) is 35.0. The van der Waals surface area contributed by atoms with Crippen molar-refractivity contribution in [3.8, 4) is 28.3 Å². The van der Waals surface area contributed by atoms with Gasteiger partial charge in [-0.15, -0.1) is 0 Å². The van der Waals surface area contributed by atoms with E-state index in [-0.39, 0.29) is 52.2 Å². The van der Waals surface area contributed by atoms with Gasteiger partial charge in [0.05, 0.1) is 22.4 Å². The van der Waals surface area contributed by atoms with Crippen molar-refractivity contribution >= 4 is 33.2 Å². The van der Waals surface area contributed by atoms with Crippen LogP contribution in [0.5, 0.6) is 11.5 Å². The van der Waals surface area contributed by atoms with Crippen molar-refractivity contribution in [1.82, 2.24) is 4.57 Å². The standard InChI is InChI=1S/C46H48N2O3.2CH3.Zr/c1-29-19-37(44(49)38(20-29)46-26-31-23-32(27-46)25-33(24-31)28-46)36-13-4-7-14-39(36)47(17-10-18-51-3)42-21-30(2)22-43(45(42)50)48-40-15-8-5-11-34(40)35-12-6-9-16-41(35)48;;;/h4-9,11-16,19-22,31-33,49-50H,10,17-18,23-28H2,1-3H3;2*1H3;/q;2*-1;+2. The SMILES string of the molecule is COCCCN(c1ccccc1-c1cc(C)cc(C23CC4CC(CC(C4)C2)C3)c1O)c1cc(C)cc(-n2c3ccccc3c3ccccc32)c1O.[CH3-].[CH3-].[Zr+2]. The molecule has 4 aliphatic carbocycles. The summed E-state index contributed by atoms with van der Waals surface area (Å²) < 4.78 is 7.74. The minimum atomic E-state index is 0. The Morgan fingerprint density at radius 3 is 1.85 bits per heavy atom. The van der Waals surface area contributed by atoms with Crippen LogP contribution in [0.15, 0.2) is 97.1 Å². The maximum absolute atomic E-state index is 12.4. The number of ether oxygens (including phenoxy) is 1. The predicted octanol–water partition coefficient (Wildman–Crippen LogP) is 12.0. The summed E-state index contributed by atoms with van der Waals surface area (Å²) in [6.45, 7) is 5.50. The molecule has 1 heterocycles. The summed E-state index contributed by atoms with van der Waals surface area (Å²) in [5.74, 6) is 3.02. The van der Waals surface area contributed by atoms with Gasteiger partial charge in [-0.05, 0) is 129 Å². The monoisotopic (exact) mass is 796 g/mol. The van der Waals surface area contributed by atoms with E-state index in [1.807, 2.05) is 0 Å². The van der Waals surface area contributed by atoms with Crippen LogP contribution >= 0.6 is 0 Å². The summed E-state index contributed by atoms with van der Waals surface area (Å²) in [4.78, 5) is 2.24. The molecule has 54 heavy (non-hydrogen) atoms. The summed E-state index contributed by atoms with van der Waals surface area (Å²) in [5, 5.41) is 27.2. The minimum Gasteiger partial charge on any atom is -0.507 e. The molecule has 0 radical (unpaired) electrons. The molecule has 4 aliphatic rings. The number of nitrogens with zero attached hydrogens (tertiary/aromatic N) is 2. The molecule has 10 rings (SSSR count). The second-order valence-electron chi connectivity index (χ2n) is 15.9. The number of phenols is 2. The molecule has 5 nitrogen and oxygen atoms in total. The van der Waals surface area contributed by atoms with Crippen LogP contribution in [0.1, 0.15) is 61.6 Å². The van der Waals surface area contributed by atoms with Gasteiger partial charge in [-0.2, -0.15) is 0 Å². The fourth-order valence-electron chi connectivity index (χ4n) is 10.8. The van der Waals surface area contributed by atoms with E-state index in [4.69, 9.17) is 4.74 Å². The first-order valence-electron chi connectivity index (χ1n) is 18.9. The van der Waals surface area contributed by atoms with Gasteiger partial charge < -0.3 is 39.3 Å². The van der Waals surface area contributed by atoms with Crippen LogP contribution in [0.2, 0.25) is 0 Å². The molecule has 0 atom stereocenters. The smallest absolute Gasteiger partial charge is 0.507 e. The molecule has 0 amide bonds. The van der Waals surface area contributed by atoms with Crippen LogP contribution < -0.4 is 4.90 Å². The fourth-order valence-corrected chi connectivity index (χ4v) is 10.8. The fraction of sp³-hybridized carbons (Fsp3) is 0.333. The zero-order chi connectivity index (χ0) is 34.9. The van der Waals surface area contributed by atoms with E-state index in [2.05, 4.69) is 120 Å². The quantitative estimate of drug-likeness (QED) is 0.113. The summed E-state index contributed by atoms with van der Waals surface area (Å²) in [6, 6.07) is 33.9. The summed E-state index contributed by atoms with van der Waals surface area (Å²) in [5.41, 5.74) is 9.87. The number of hydrogen-bond acceptors (Lipinski definition) is 4. The second-order valence-corrected chi connectivity index (χ2v) is 15.9. The largest absolute Gasteiger partial charge is 2.00 e. The molecule has 0 unspecified atom stereocenters. The Balaban J connectivity index is 0.00000166. The maximum atomic E-state index is 12.4. The van der Waals surface area contributed by atoms with Crippen molar-refractivity contribution in [2.24, 2.45) is 17.8 Å². The van der Waals surface area contributed by atoms with Gasteiger partial charge in [-0.3, -0.25) is 0 Å². The van der Waals surface area contributed by atoms with Crippen LogP contribution in [-0.2, 0) is 36.4 Å². The number of phenolic OH excluding ortho intramolecular Hbond substituents is 2. The van der Waals surface area contributed by atoms with Crippen molar-refractivity contribution in [2.75, 3.05) is 25.2 Å². The van der Waals surface area contributed by atoms with E-state index < -0.39 is 0 Å². The molecule has 2 N–H and O–H groups in total. The molecule has 5 aromatic carbocycles. The first kappa shape index (κ1) is 39.8. The Labute approximate surface area is 341 Å². The molecule has 1 aromatic heterocycles. The molecule has 4 bridgehead atoms. The van der Waals surface area contributed by atoms with E-state index in [0.29, 0.717) is 18.9 Å². The van der Waals surface area contributed by atoms with Crippen molar-refractivity contribution in [3.63, 3.8) is 0 Å². The maximum Gasteiger partial charge on any atom is 2.00 e. The Hall–Kier alpha value is -3.86. The van der Waals surface area contributed by atoms with Crippen molar-refractivity contribution in [3.05, 3.63) is 129 Å². The van der Waals surface area contributed by atoms with Crippen LogP contribution in [0, 0.1) is 46.5 Å². The van der Waals surface area contributed by atoms with Crippen molar-refractivity contribution < 1.29 is 41.2 Å². The van der Waals surface area contributed by atoms with Crippen molar-refractivity contribution in [1.29, 1.82) is 0 Å². The summed E-state index contributed by atoms with van der Waals surface area (Å²) in [7, 11) is 1.74. The first-order valence-corrected chi connectivity index (χ1v) is 18.9. The van der Waals surface area contributed by atoms with Gasteiger partial charge >= 0.3 is 26.2 Å². The van der Waals surface area contributed by atoms with E-state index >= 15 is 0 Å². The Kier molecular flexibility index (Phi) is 11.6. The molecule has 6 heteroatoms. The van der Waals surface area contributed by atoms with E-state index in [1.54, 1.807) is 7.11 Å². The molecular formula is C48H54N2O3Zr. The Morgan fingerprint density at radius 1 is 0.685 bits per heavy atom. The number of hydrogen-bond donors (Lipinski definition) is 2. The first-order chi connectivity index (χ1) is 24.8. The van der Waals surface area contributed by atoms with Crippen molar-refractivity contribution in [2.45, 2.75) is 64.2 Å². The number of benzene rings is 5. The van der Waals surface area contributed by atoms with E-state index in [1.165, 1.54) is 44.1 Å². The molecular weight excluding hydrogens is 744 g/mol. The summed E-state index contributed by atoms with van der Waals surface area (Å²) >= 11 is 0. The average molecular weight is 798 g/mol. The number of methoxy groups -OCH3 is 1. The normalized spacial score (nSPS) is 21.1. The third-order valence-corrected chi connectivity index (χ3v) is 12.4. The predicted molar refractivity (Wildman–Crippen MR) is 222 cm³/mol. The topological polar surface area (TPSA) is 57.9 Å². The number of anilines is 2. The van der Waals surface area contributed by atoms with Gasteiger partial charge in [0.25, 0.3) is 0 Å². The number of aromatic nitrogens is 1. The number of fused-ring (bicyclic) bond motifs is 3. The number of para-hydroxylation sites is 3. The Bertz CT molecular complexity index is 2200. The third kappa shape index (κ3) is 6.62. The molecule has 278 valence electrons. The van der Waals surface area contributed by atoms with Gasteiger partial charge in [0.2, 0.25) is 0 Å². The number of rotatable bonds is 9. The van der Waals surface area contributed by atoms with Gasteiger partial charge in [0.1, 0.15) is 5.75 Å². The van der Waals surface area contributed by atoms with E-state index in [0.717, 1.165) is 85.3 Å². The molecule has 0 saturated heterocycles. The van der Waals surface area contributed by atoms with Gasteiger partial charge in [0, 0.05) is 53.4 Å². The number of aromatic hydroxyl groups is 2. The Morgan fingerprint density at radius 2 is 1.24 bits per heavy atom. The molecule has 6 aromatic rings. The van der Waals surface area contributed by atoms with Gasteiger partial charge in [-0.1, -0.05) is 60.7 Å². The number of aryl methyl sites for hydroxylation is 2. The van der Waals surface area contributed by atoms with Crippen LogP contribution in [0.3, 0.4) is 0 Å². The summed E-state index contributed by atoms with van der Waals surface area (Å²) in [6.07, 6.45) is 8.47. The zero-order valence-electron chi connectivity index (χ0n) is 32.5. The molecule has 4 fully saturated rings. The van der Waals surface area contributed by atoms with Crippen LogP contribution in [0.25, 0.3) is 38.6 Å². The van der Waals surface area contributed by atoms with Gasteiger partial charge in [-0.25, -0.2) is 0 Å². The van der Waals surface area contributed by atoms with Crippen LogP contribution in [-0.4, -0.2) is 35.0 Å². The molecule has 4 saturated carbocycles. The second kappa shape index (κ2) is 15.7. The molecule has 0 spiro atoms. The minimum absolute atomic E-state index is 0.